The zero-order valence-electron chi connectivity index (χ0n) is 15.8. The molecule has 142 valence electrons. The van der Waals surface area contributed by atoms with Crippen molar-refractivity contribution >= 4 is 11.6 Å². The Labute approximate surface area is 164 Å². The van der Waals surface area contributed by atoms with Crippen molar-refractivity contribution in [1.29, 1.82) is 0 Å². The van der Waals surface area contributed by atoms with Crippen LogP contribution < -0.4 is 15.4 Å². The van der Waals surface area contributed by atoms with Crippen molar-refractivity contribution in [2.45, 2.75) is 19.4 Å². The summed E-state index contributed by atoms with van der Waals surface area (Å²) < 4.78 is 6.03. The second kappa shape index (κ2) is 7.72. The van der Waals surface area contributed by atoms with E-state index >= 15 is 0 Å². The van der Waals surface area contributed by atoms with Crippen LogP contribution in [0.5, 0.6) is 5.88 Å². The molecule has 0 saturated carbocycles. The van der Waals surface area contributed by atoms with Gasteiger partial charge in [-0.3, -0.25) is 4.79 Å². The van der Waals surface area contributed by atoms with E-state index in [0.717, 1.165) is 35.3 Å². The molecule has 2 N–H and O–H groups in total. The van der Waals surface area contributed by atoms with Gasteiger partial charge in [0.2, 0.25) is 5.88 Å². The van der Waals surface area contributed by atoms with Crippen molar-refractivity contribution in [3.63, 3.8) is 0 Å². The maximum atomic E-state index is 12.3. The molecule has 0 aliphatic carbocycles. The van der Waals surface area contributed by atoms with Gasteiger partial charge in [0.15, 0.2) is 0 Å². The number of nitrogens with zero attached hydrogens (tertiary/aromatic N) is 2. The third-order valence-electron chi connectivity index (χ3n) is 5.03. The third-order valence-corrected chi connectivity index (χ3v) is 5.03. The molecular weight excluding hydrogens is 350 g/mol. The number of nitrogens with two attached hydrogens (primary N) is 1. The normalized spacial score (nSPS) is 16.2. The molecule has 2 heterocycles. The number of anilines is 1. The molecule has 0 radical (unpaired) electrons. The zero-order chi connectivity index (χ0) is 19.5. The lowest BCUT2D eigenvalue weighted by atomic mass is 9.97. The molecule has 3 aromatic rings. The van der Waals surface area contributed by atoms with Crippen LogP contribution in [0.15, 0.2) is 66.9 Å². The van der Waals surface area contributed by atoms with Gasteiger partial charge in [0.1, 0.15) is 6.10 Å². The molecule has 5 nitrogen and oxygen atoms in total. The largest absolute Gasteiger partial charge is 0.472 e. The van der Waals surface area contributed by atoms with Crippen LogP contribution in [0, 0.1) is 6.92 Å². The number of pyridine rings is 1. The lowest BCUT2D eigenvalue weighted by molar-refractivity contribution is 0.100. The third kappa shape index (κ3) is 3.69. The second-order valence-electron chi connectivity index (χ2n) is 7.08. The number of carbonyl (C=O) groups is 1. The van der Waals surface area contributed by atoms with Crippen molar-refractivity contribution in [1.82, 2.24) is 4.98 Å². The fourth-order valence-corrected chi connectivity index (χ4v) is 3.66. The highest BCUT2D eigenvalue weighted by atomic mass is 16.5. The number of rotatable bonds is 5. The molecule has 0 unspecified atom stereocenters. The first-order valence-electron chi connectivity index (χ1n) is 9.44. The summed E-state index contributed by atoms with van der Waals surface area (Å²) in [6.07, 6.45) is 2.69. The van der Waals surface area contributed by atoms with Crippen LogP contribution in [0.4, 0.5) is 5.69 Å². The summed E-state index contributed by atoms with van der Waals surface area (Å²) in [6.45, 7) is 3.49. The Kier molecular flexibility index (Phi) is 4.98. The fourth-order valence-electron chi connectivity index (χ4n) is 3.66. The standard InChI is InChI=1S/C23H23N3O2/c1-16-10-11-21(25-14-16)28-18-12-13-26(15-18)20-9-5-8-19(22(20)23(24)27)17-6-3-2-4-7-17/h2-11,14,18H,12-13,15H2,1H3,(H2,24,27)/t18-/m0/s1. The summed E-state index contributed by atoms with van der Waals surface area (Å²) in [4.78, 5) is 18.8. The van der Waals surface area contributed by atoms with E-state index in [4.69, 9.17) is 10.5 Å². The van der Waals surface area contributed by atoms with Crippen LogP contribution in [-0.2, 0) is 0 Å². The van der Waals surface area contributed by atoms with E-state index < -0.39 is 5.91 Å². The average Bonchev–Trinajstić information content (AvgIpc) is 3.18. The molecule has 1 saturated heterocycles. The van der Waals surface area contributed by atoms with Crippen LogP contribution in [0.25, 0.3) is 11.1 Å². The number of carbonyl (C=O) groups excluding carboxylic acids is 1. The van der Waals surface area contributed by atoms with Crippen molar-refractivity contribution in [3.05, 3.63) is 78.0 Å². The lowest BCUT2D eigenvalue weighted by Crippen LogP contribution is -2.27. The van der Waals surface area contributed by atoms with Crippen molar-refractivity contribution in [2.75, 3.05) is 18.0 Å². The van der Waals surface area contributed by atoms with Gasteiger partial charge in [-0.2, -0.15) is 0 Å². The lowest BCUT2D eigenvalue weighted by Gasteiger charge is -2.23. The van der Waals surface area contributed by atoms with Gasteiger partial charge >= 0.3 is 0 Å². The van der Waals surface area contributed by atoms with Gasteiger partial charge in [-0.1, -0.05) is 48.5 Å². The van der Waals surface area contributed by atoms with Crippen molar-refractivity contribution in [3.8, 4) is 17.0 Å². The predicted octanol–water partition coefficient (Wildman–Crippen LogP) is 3.81. The average molecular weight is 373 g/mol. The number of amides is 1. The molecule has 2 aromatic carbocycles. The van der Waals surface area contributed by atoms with Crippen LogP contribution >= 0.6 is 0 Å². The maximum absolute atomic E-state index is 12.3. The molecule has 1 aliphatic rings. The summed E-state index contributed by atoms with van der Waals surface area (Å²) in [7, 11) is 0. The molecule has 28 heavy (non-hydrogen) atoms. The Morgan fingerprint density at radius 3 is 2.64 bits per heavy atom. The van der Waals surface area contributed by atoms with E-state index in [9.17, 15) is 4.79 Å². The van der Waals surface area contributed by atoms with E-state index in [1.807, 2.05) is 67.6 Å². The number of benzene rings is 2. The Morgan fingerprint density at radius 1 is 1.11 bits per heavy atom. The van der Waals surface area contributed by atoms with E-state index in [-0.39, 0.29) is 6.10 Å². The minimum Gasteiger partial charge on any atom is -0.472 e. The minimum atomic E-state index is -0.418. The maximum Gasteiger partial charge on any atom is 0.251 e. The fraction of sp³-hybridized carbons (Fsp3) is 0.217. The Morgan fingerprint density at radius 2 is 1.93 bits per heavy atom. The summed E-state index contributed by atoms with van der Waals surface area (Å²) in [6, 6.07) is 19.6. The molecular formula is C23H23N3O2. The van der Waals surface area contributed by atoms with E-state index in [1.54, 1.807) is 6.20 Å². The number of primary amides is 1. The summed E-state index contributed by atoms with van der Waals surface area (Å²) in [5.41, 5.74) is 10.1. The van der Waals surface area contributed by atoms with Gasteiger partial charge in [-0.05, 0) is 29.7 Å². The molecule has 1 atom stereocenters. The number of aryl methyl sites for hydroxylation is 1. The van der Waals surface area contributed by atoms with Crippen LogP contribution in [-0.4, -0.2) is 30.1 Å². The molecule has 1 amide bonds. The molecule has 4 rings (SSSR count). The highest BCUT2D eigenvalue weighted by Gasteiger charge is 2.28. The second-order valence-corrected chi connectivity index (χ2v) is 7.08. The van der Waals surface area contributed by atoms with Gasteiger partial charge < -0.3 is 15.4 Å². The topological polar surface area (TPSA) is 68.5 Å². The number of hydrogen-bond acceptors (Lipinski definition) is 4. The first-order chi connectivity index (χ1) is 13.6. The molecule has 1 aliphatic heterocycles. The number of hydrogen-bond donors (Lipinski definition) is 1. The molecule has 0 bridgehead atoms. The number of aromatic nitrogens is 1. The monoisotopic (exact) mass is 373 g/mol. The first kappa shape index (κ1) is 18.0. The smallest absolute Gasteiger partial charge is 0.251 e. The van der Waals surface area contributed by atoms with E-state index in [0.29, 0.717) is 18.0 Å². The molecule has 5 heteroatoms. The quantitative estimate of drug-likeness (QED) is 0.738. The SMILES string of the molecule is Cc1ccc(O[C@H]2CCN(c3cccc(-c4ccccc4)c3C(N)=O)C2)nc1. The Hall–Kier alpha value is -3.34. The number of ether oxygens (including phenoxy) is 1. The first-order valence-corrected chi connectivity index (χ1v) is 9.44. The van der Waals surface area contributed by atoms with Gasteiger partial charge in [0.05, 0.1) is 17.8 Å². The molecule has 1 aromatic heterocycles. The van der Waals surface area contributed by atoms with Crippen LogP contribution in [0.3, 0.4) is 0 Å². The molecule has 0 spiro atoms. The van der Waals surface area contributed by atoms with Gasteiger partial charge in [0, 0.05) is 25.2 Å². The van der Waals surface area contributed by atoms with Gasteiger partial charge in [0.25, 0.3) is 5.91 Å². The highest BCUT2D eigenvalue weighted by Crippen LogP contribution is 2.33. The summed E-state index contributed by atoms with van der Waals surface area (Å²) in [5, 5.41) is 0. The van der Waals surface area contributed by atoms with E-state index in [2.05, 4.69) is 9.88 Å². The van der Waals surface area contributed by atoms with Crippen LogP contribution in [0.1, 0.15) is 22.3 Å². The minimum absolute atomic E-state index is 0.0244. The zero-order valence-corrected chi connectivity index (χ0v) is 15.8. The van der Waals surface area contributed by atoms with Gasteiger partial charge in [-0.25, -0.2) is 4.98 Å². The predicted molar refractivity (Wildman–Crippen MR) is 111 cm³/mol. The summed E-state index contributed by atoms with van der Waals surface area (Å²) in [5.74, 6) is 0.213. The Balaban J connectivity index is 1.59. The highest BCUT2D eigenvalue weighted by molar-refractivity contribution is 6.05. The van der Waals surface area contributed by atoms with Crippen molar-refractivity contribution in [2.24, 2.45) is 5.73 Å². The molecule has 1 fully saturated rings. The van der Waals surface area contributed by atoms with Gasteiger partial charge in [-0.15, -0.1) is 0 Å². The summed E-state index contributed by atoms with van der Waals surface area (Å²) >= 11 is 0. The Bertz CT molecular complexity index is 971. The van der Waals surface area contributed by atoms with Crippen LogP contribution in [0.2, 0.25) is 0 Å². The van der Waals surface area contributed by atoms with Crippen molar-refractivity contribution < 1.29 is 9.53 Å². The van der Waals surface area contributed by atoms with E-state index in [1.165, 1.54) is 0 Å².